The fraction of sp³-hybridized carbons (Fsp3) is 0.667. The van der Waals surface area contributed by atoms with Crippen LogP contribution in [0, 0.1) is 5.92 Å². The monoisotopic (exact) mass is 558 g/mol. The quantitative estimate of drug-likeness (QED) is 0.145. The van der Waals surface area contributed by atoms with E-state index in [0.717, 1.165) is 0 Å². The molecule has 0 bridgehead atoms. The van der Waals surface area contributed by atoms with Crippen molar-refractivity contribution in [2.24, 2.45) is 5.92 Å². The average molecular weight is 559 g/mol. The number of aliphatic hydroxyl groups is 5. The van der Waals surface area contributed by atoms with Gasteiger partial charge in [0, 0.05) is 13.0 Å². The summed E-state index contributed by atoms with van der Waals surface area (Å²) in [6, 6.07) is 1.48. The van der Waals surface area contributed by atoms with Crippen LogP contribution in [0.2, 0.25) is 0 Å². The van der Waals surface area contributed by atoms with Crippen LogP contribution in [0.25, 0.3) is 0 Å². The van der Waals surface area contributed by atoms with Gasteiger partial charge in [-0.1, -0.05) is 6.92 Å². The Morgan fingerprint density at radius 1 is 1.05 bits per heavy atom. The van der Waals surface area contributed by atoms with Gasteiger partial charge in [0.25, 0.3) is 5.91 Å². The van der Waals surface area contributed by atoms with E-state index in [1.807, 2.05) is 0 Å². The predicted molar refractivity (Wildman–Crippen MR) is 127 cm³/mol. The number of phenols is 3. The highest BCUT2D eigenvalue weighted by molar-refractivity contribution is 5.81. The minimum atomic E-state index is -1.88. The Bertz CT molecular complexity index is 1030. The zero-order valence-electron chi connectivity index (χ0n) is 21.0. The Hall–Kier alpha value is -2.76. The SMILES string of the molecule is CC1CC(=O)NC2C1OC(CO)C(O)C2OC1OC(C(=O)NCCc2cc(O)c(O)c(O)c2)C(O)C(O)C1O. The lowest BCUT2D eigenvalue weighted by Gasteiger charge is -2.50. The molecule has 11 unspecified atom stereocenters. The van der Waals surface area contributed by atoms with E-state index in [9.17, 15) is 50.4 Å². The topological polar surface area (TPSA) is 248 Å². The summed E-state index contributed by atoms with van der Waals surface area (Å²) in [6.07, 6.45) is -13.3. The molecule has 3 saturated heterocycles. The van der Waals surface area contributed by atoms with Crippen LogP contribution in [0.4, 0.5) is 0 Å². The minimum absolute atomic E-state index is 0.0657. The van der Waals surface area contributed by atoms with Crippen LogP contribution < -0.4 is 10.6 Å². The number of fused-ring (bicyclic) bond motifs is 1. The number of hydrogen-bond donors (Lipinski definition) is 10. The van der Waals surface area contributed by atoms with Gasteiger partial charge in [-0.25, -0.2) is 0 Å². The molecule has 1 aromatic carbocycles. The van der Waals surface area contributed by atoms with Gasteiger partial charge in [0.05, 0.1) is 18.8 Å². The maximum atomic E-state index is 12.8. The summed E-state index contributed by atoms with van der Waals surface area (Å²) in [5.41, 5.74) is 0.370. The lowest BCUT2D eigenvalue weighted by atomic mass is 9.82. The maximum absolute atomic E-state index is 12.8. The summed E-state index contributed by atoms with van der Waals surface area (Å²) < 4.78 is 17.1. The van der Waals surface area contributed by atoms with Crippen LogP contribution in [0.15, 0.2) is 12.1 Å². The molecule has 0 spiro atoms. The van der Waals surface area contributed by atoms with E-state index in [4.69, 9.17) is 14.2 Å². The second-order valence-electron chi connectivity index (χ2n) is 10.1. The first-order chi connectivity index (χ1) is 18.4. The van der Waals surface area contributed by atoms with Crippen molar-refractivity contribution in [3.8, 4) is 17.2 Å². The van der Waals surface area contributed by atoms with Gasteiger partial charge in [-0.05, 0) is 30.0 Å². The van der Waals surface area contributed by atoms with E-state index in [1.165, 1.54) is 12.1 Å². The van der Waals surface area contributed by atoms with Crippen molar-refractivity contribution in [1.82, 2.24) is 10.6 Å². The number of ether oxygens (including phenoxy) is 3. The number of phenolic OH excluding ortho intramolecular Hbond substituents is 3. The Kier molecular flexibility index (Phi) is 8.82. The molecule has 10 N–H and O–H groups in total. The molecule has 3 fully saturated rings. The lowest BCUT2D eigenvalue weighted by Crippen LogP contribution is -2.70. The number of benzene rings is 1. The second kappa shape index (κ2) is 11.8. The van der Waals surface area contributed by atoms with Crippen LogP contribution >= 0.6 is 0 Å². The molecule has 218 valence electrons. The molecule has 3 aliphatic rings. The maximum Gasteiger partial charge on any atom is 0.252 e. The molecular formula is C24H34N2O13. The first kappa shape index (κ1) is 29.2. The first-order valence-electron chi connectivity index (χ1n) is 12.5. The van der Waals surface area contributed by atoms with Crippen LogP contribution in [0.1, 0.15) is 18.9 Å². The highest BCUT2D eigenvalue weighted by Crippen LogP contribution is 2.36. The smallest absolute Gasteiger partial charge is 0.252 e. The molecule has 2 amide bonds. The number of carbonyl (C=O) groups excluding carboxylic acids is 2. The van der Waals surface area contributed by atoms with E-state index in [1.54, 1.807) is 6.92 Å². The number of aromatic hydroxyl groups is 3. The molecule has 0 aromatic heterocycles. The molecule has 1 aromatic rings. The van der Waals surface area contributed by atoms with Gasteiger partial charge in [-0.3, -0.25) is 9.59 Å². The average Bonchev–Trinajstić information content (AvgIpc) is 2.88. The number of hydrogen-bond acceptors (Lipinski definition) is 13. The lowest BCUT2D eigenvalue weighted by molar-refractivity contribution is -0.326. The number of rotatable bonds is 7. The van der Waals surface area contributed by atoms with Crippen molar-refractivity contribution in [3.63, 3.8) is 0 Å². The first-order valence-corrected chi connectivity index (χ1v) is 12.5. The predicted octanol–water partition coefficient (Wildman–Crippen LogP) is -3.70. The van der Waals surface area contributed by atoms with Crippen molar-refractivity contribution in [2.75, 3.05) is 13.2 Å². The number of carbonyl (C=O) groups is 2. The Balaban J connectivity index is 1.45. The van der Waals surface area contributed by atoms with E-state index in [-0.39, 0.29) is 31.2 Å². The second-order valence-corrected chi connectivity index (χ2v) is 10.1. The summed E-state index contributed by atoms with van der Waals surface area (Å²) in [7, 11) is 0. The minimum Gasteiger partial charge on any atom is -0.504 e. The number of piperidine rings is 1. The molecule has 11 atom stereocenters. The molecule has 3 heterocycles. The van der Waals surface area contributed by atoms with Crippen LogP contribution in [0.3, 0.4) is 0 Å². The third kappa shape index (κ3) is 5.90. The van der Waals surface area contributed by atoms with E-state index < -0.39 is 90.9 Å². The standard InChI is InChI=1S/C24H34N2O13/c1-8-4-13(30)26-14-20(8)37-12(7-27)16(32)21(14)38-24-19(35)17(33)18(34)22(39-24)23(36)25-3-2-9-5-10(28)15(31)11(29)6-9/h5-6,8,12,14,16-22,24,27-29,31-35H,2-4,7H2,1H3,(H,25,36)(H,26,30). The van der Waals surface area contributed by atoms with Gasteiger partial charge < -0.3 is 65.7 Å². The van der Waals surface area contributed by atoms with Crippen molar-refractivity contribution in [2.45, 2.75) is 80.9 Å². The summed E-state index contributed by atoms with van der Waals surface area (Å²) in [6.45, 7) is 1.12. The third-order valence-corrected chi connectivity index (χ3v) is 7.29. The van der Waals surface area contributed by atoms with Gasteiger partial charge >= 0.3 is 0 Å². The number of nitrogens with one attached hydrogen (secondary N) is 2. The van der Waals surface area contributed by atoms with Crippen LogP contribution in [-0.4, -0.2) is 127 Å². The Morgan fingerprint density at radius 3 is 2.36 bits per heavy atom. The number of amides is 2. The van der Waals surface area contributed by atoms with Gasteiger partial charge in [-0.15, -0.1) is 0 Å². The normalized spacial score (nSPS) is 38.5. The molecule has 4 rings (SSSR count). The molecule has 15 heteroatoms. The van der Waals surface area contributed by atoms with Crippen molar-refractivity contribution >= 4 is 11.8 Å². The van der Waals surface area contributed by atoms with Crippen LogP contribution in [0.5, 0.6) is 17.2 Å². The summed E-state index contributed by atoms with van der Waals surface area (Å²) in [4.78, 5) is 25.0. The molecule has 0 saturated carbocycles. The molecule has 39 heavy (non-hydrogen) atoms. The molecular weight excluding hydrogens is 524 g/mol. The van der Waals surface area contributed by atoms with E-state index in [2.05, 4.69) is 10.6 Å². The largest absolute Gasteiger partial charge is 0.504 e. The highest BCUT2D eigenvalue weighted by atomic mass is 16.7. The zero-order chi connectivity index (χ0) is 28.6. The fourth-order valence-electron chi connectivity index (χ4n) is 5.17. The molecule has 0 radical (unpaired) electrons. The third-order valence-electron chi connectivity index (χ3n) is 7.29. The fourth-order valence-corrected chi connectivity index (χ4v) is 5.17. The Labute approximate surface area is 222 Å². The van der Waals surface area contributed by atoms with Crippen LogP contribution in [-0.2, 0) is 30.2 Å². The zero-order valence-corrected chi connectivity index (χ0v) is 21.0. The molecule has 0 aliphatic carbocycles. The van der Waals surface area contributed by atoms with Crippen molar-refractivity contribution in [3.05, 3.63) is 17.7 Å². The highest BCUT2D eigenvalue weighted by Gasteiger charge is 2.54. The summed E-state index contributed by atoms with van der Waals surface area (Å²) in [5, 5.41) is 85.7. The van der Waals surface area contributed by atoms with E-state index in [0.29, 0.717) is 5.56 Å². The molecule has 15 nitrogen and oxygen atoms in total. The van der Waals surface area contributed by atoms with Gasteiger partial charge in [-0.2, -0.15) is 0 Å². The number of aliphatic hydroxyl groups excluding tert-OH is 5. The van der Waals surface area contributed by atoms with Crippen molar-refractivity contribution < 1.29 is 64.7 Å². The van der Waals surface area contributed by atoms with Gasteiger partial charge in [0.1, 0.15) is 36.6 Å². The van der Waals surface area contributed by atoms with Gasteiger partial charge in [0.2, 0.25) is 5.91 Å². The summed E-state index contributed by atoms with van der Waals surface area (Å²) >= 11 is 0. The summed E-state index contributed by atoms with van der Waals surface area (Å²) in [5.74, 6) is -3.30. The molecule has 3 aliphatic heterocycles. The Morgan fingerprint density at radius 2 is 1.72 bits per heavy atom. The van der Waals surface area contributed by atoms with Crippen molar-refractivity contribution in [1.29, 1.82) is 0 Å². The van der Waals surface area contributed by atoms with Gasteiger partial charge in [0.15, 0.2) is 29.6 Å². The van der Waals surface area contributed by atoms with E-state index >= 15 is 0 Å².